The summed E-state index contributed by atoms with van der Waals surface area (Å²) in [6.45, 7) is 1.98. The first-order valence-corrected chi connectivity index (χ1v) is 6.41. The number of aryl methyl sites for hydroxylation is 1. The molecular formula is C12H15NO3S. The van der Waals surface area contributed by atoms with Crippen LogP contribution in [0, 0.1) is 6.92 Å². The molecule has 4 nitrogen and oxygen atoms in total. The molecule has 2 rings (SSSR count). The van der Waals surface area contributed by atoms with Crippen LogP contribution in [0.15, 0.2) is 18.2 Å². The van der Waals surface area contributed by atoms with Gasteiger partial charge in [0.2, 0.25) is 0 Å². The molecule has 0 radical (unpaired) electrons. The van der Waals surface area contributed by atoms with Crippen LogP contribution in [0.3, 0.4) is 0 Å². The molecule has 0 aliphatic carbocycles. The number of nitrogens with one attached hydrogen (secondary N) is 1. The number of carbonyl (C=O) groups is 1. The second-order valence-corrected chi connectivity index (χ2v) is 5.14. The molecule has 1 aromatic rings. The van der Waals surface area contributed by atoms with Crippen LogP contribution < -0.4 is 10.1 Å². The monoisotopic (exact) mass is 253 g/mol. The van der Waals surface area contributed by atoms with Gasteiger partial charge in [-0.2, -0.15) is 0 Å². The van der Waals surface area contributed by atoms with Crippen LogP contribution in [-0.2, 0) is 4.79 Å². The predicted molar refractivity (Wildman–Crippen MR) is 67.5 cm³/mol. The maximum atomic E-state index is 10.8. The second-order valence-electron chi connectivity index (χ2n) is 4.00. The molecule has 0 aromatic heterocycles. The third kappa shape index (κ3) is 2.56. The Labute approximate surface area is 104 Å². The zero-order chi connectivity index (χ0) is 12.4. The summed E-state index contributed by atoms with van der Waals surface area (Å²) in [6.07, 6.45) is 0. The molecule has 0 amide bonds. The Balaban J connectivity index is 2.14. The fourth-order valence-electron chi connectivity index (χ4n) is 1.87. The van der Waals surface area contributed by atoms with Crippen molar-refractivity contribution >= 4 is 17.7 Å². The van der Waals surface area contributed by atoms with Crippen molar-refractivity contribution in [1.29, 1.82) is 0 Å². The fraction of sp³-hybridized carbons (Fsp3) is 0.417. The average molecular weight is 253 g/mol. The summed E-state index contributed by atoms with van der Waals surface area (Å²) in [7, 11) is 1.64. The lowest BCUT2D eigenvalue weighted by Crippen LogP contribution is -2.33. The third-order valence-electron chi connectivity index (χ3n) is 2.80. The number of hydrogen-bond donors (Lipinski definition) is 2. The highest BCUT2D eigenvalue weighted by atomic mass is 32.2. The van der Waals surface area contributed by atoms with Crippen LogP contribution in [0.4, 0.5) is 0 Å². The molecule has 0 bridgehead atoms. The maximum Gasteiger partial charge on any atom is 0.321 e. The maximum absolute atomic E-state index is 10.8. The van der Waals surface area contributed by atoms with E-state index >= 15 is 0 Å². The first-order valence-electron chi connectivity index (χ1n) is 5.37. The van der Waals surface area contributed by atoms with Crippen LogP contribution in [0.25, 0.3) is 0 Å². The minimum Gasteiger partial charge on any atom is -0.496 e. The Morgan fingerprint density at radius 3 is 2.88 bits per heavy atom. The quantitative estimate of drug-likeness (QED) is 0.860. The Morgan fingerprint density at radius 2 is 2.35 bits per heavy atom. The van der Waals surface area contributed by atoms with Gasteiger partial charge in [0.25, 0.3) is 0 Å². The van der Waals surface area contributed by atoms with Crippen LogP contribution in [0.2, 0.25) is 0 Å². The van der Waals surface area contributed by atoms with E-state index in [9.17, 15) is 4.79 Å². The van der Waals surface area contributed by atoms with E-state index in [0.717, 1.165) is 16.9 Å². The summed E-state index contributed by atoms with van der Waals surface area (Å²) >= 11 is 1.62. The summed E-state index contributed by atoms with van der Waals surface area (Å²) < 4.78 is 5.20. The van der Waals surface area contributed by atoms with Gasteiger partial charge in [0, 0.05) is 5.75 Å². The van der Waals surface area contributed by atoms with Crippen molar-refractivity contribution in [2.24, 2.45) is 0 Å². The molecule has 17 heavy (non-hydrogen) atoms. The van der Waals surface area contributed by atoms with E-state index in [4.69, 9.17) is 9.84 Å². The lowest BCUT2D eigenvalue weighted by atomic mass is 10.1. The van der Waals surface area contributed by atoms with Gasteiger partial charge in [0.1, 0.15) is 11.8 Å². The first-order chi connectivity index (χ1) is 8.11. The molecule has 2 N–H and O–H groups in total. The number of aliphatic carboxylic acids is 1. The number of carboxylic acid groups (broad SMARTS) is 1. The topological polar surface area (TPSA) is 58.6 Å². The zero-order valence-corrected chi connectivity index (χ0v) is 10.6. The van der Waals surface area contributed by atoms with Crippen LogP contribution >= 0.6 is 11.8 Å². The second kappa shape index (κ2) is 4.98. The molecule has 1 aromatic carbocycles. The molecule has 1 unspecified atom stereocenters. The summed E-state index contributed by atoms with van der Waals surface area (Å²) in [5.41, 5.74) is 2.16. The highest BCUT2D eigenvalue weighted by Gasteiger charge is 2.30. The Kier molecular flexibility index (Phi) is 3.59. The fourth-order valence-corrected chi connectivity index (χ4v) is 3.09. The summed E-state index contributed by atoms with van der Waals surface area (Å²) in [4.78, 5) is 10.8. The minimum absolute atomic E-state index is 0.0562. The molecule has 1 aliphatic heterocycles. The van der Waals surface area contributed by atoms with Crippen molar-refractivity contribution in [2.75, 3.05) is 12.9 Å². The molecule has 0 saturated carbocycles. The zero-order valence-electron chi connectivity index (χ0n) is 9.77. The summed E-state index contributed by atoms with van der Waals surface area (Å²) in [5.74, 6) is 0.669. The number of carboxylic acids is 1. The number of methoxy groups -OCH3 is 1. The van der Waals surface area contributed by atoms with Gasteiger partial charge in [-0.05, 0) is 30.2 Å². The number of hydrogen-bond acceptors (Lipinski definition) is 4. The van der Waals surface area contributed by atoms with E-state index in [2.05, 4.69) is 5.32 Å². The van der Waals surface area contributed by atoms with E-state index in [-0.39, 0.29) is 5.37 Å². The Morgan fingerprint density at radius 1 is 1.59 bits per heavy atom. The highest BCUT2D eigenvalue weighted by molar-refractivity contribution is 7.99. The molecule has 0 spiro atoms. The normalized spacial score (nSPS) is 23.6. The molecule has 1 saturated heterocycles. The third-order valence-corrected chi connectivity index (χ3v) is 4.07. The highest BCUT2D eigenvalue weighted by Crippen LogP contribution is 2.34. The summed E-state index contributed by atoms with van der Waals surface area (Å²) in [5, 5.41) is 12.1. The SMILES string of the molecule is COc1ccc(C2N[C@@H](C(=O)O)CS2)cc1C. The predicted octanol–water partition coefficient (Wildman–Crippen LogP) is 1.79. The van der Waals surface area contributed by atoms with Gasteiger partial charge in [-0.15, -0.1) is 11.8 Å². The van der Waals surface area contributed by atoms with Crippen molar-refractivity contribution < 1.29 is 14.6 Å². The first kappa shape index (κ1) is 12.3. The largest absolute Gasteiger partial charge is 0.496 e. The molecule has 1 fully saturated rings. The van der Waals surface area contributed by atoms with Crippen LogP contribution in [0.5, 0.6) is 5.75 Å². The van der Waals surface area contributed by atoms with Crippen molar-refractivity contribution in [2.45, 2.75) is 18.3 Å². The standard InChI is InChI=1S/C12H15NO3S/c1-7-5-8(3-4-10(7)16-2)11-13-9(6-17-11)12(14)15/h3-5,9,11,13H,6H2,1-2H3,(H,14,15)/t9-,11?/m1/s1. The molecular weight excluding hydrogens is 238 g/mol. The molecule has 92 valence electrons. The van der Waals surface area contributed by atoms with Gasteiger partial charge in [0.05, 0.1) is 12.5 Å². The van der Waals surface area contributed by atoms with E-state index in [1.165, 1.54) is 0 Å². The van der Waals surface area contributed by atoms with Crippen LogP contribution in [-0.4, -0.2) is 30.0 Å². The van der Waals surface area contributed by atoms with Crippen LogP contribution in [0.1, 0.15) is 16.5 Å². The lowest BCUT2D eigenvalue weighted by Gasteiger charge is -2.13. The van der Waals surface area contributed by atoms with E-state index in [1.807, 2.05) is 25.1 Å². The van der Waals surface area contributed by atoms with E-state index in [0.29, 0.717) is 5.75 Å². The smallest absolute Gasteiger partial charge is 0.321 e. The average Bonchev–Trinajstić information content (AvgIpc) is 2.78. The number of ether oxygens (including phenoxy) is 1. The summed E-state index contributed by atoms with van der Waals surface area (Å²) in [6, 6.07) is 5.47. The minimum atomic E-state index is -0.787. The molecule has 5 heteroatoms. The van der Waals surface area contributed by atoms with Gasteiger partial charge >= 0.3 is 5.97 Å². The van der Waals surface area contributed by atoms with Gasteiger partial charge in [-0.25, -0.2) is 0 Å². The number of rotatable bonds is 3. The van der Waals surface area contributed by atoms with Gasteiger partial charge in [-0.3, -0.25) is 10.1 Å². The van der Waals surface area contributed by atoms with Crippen molar-refractivity contribution in [3.05, 3.63) is 29.3 Å². The van der Waals surface area contributed by atoms with E-state index < -0.39 is 12.0 Å². The lowest BCUT2D eigenvalue weighted by molar-refractivity contribution is -0.138. The number of thioether (sulfide) groups is 1. The Bertz CT molecular complexity index is 436. The molecule has 1 aliphatic rings. The molecule has 2 atom stereocenters. The van der Waals surface area contributed by atoms with Gasteiger partial charge in [0.15, 0.2) is 0 Å². The van der Waals surface area contributed by atoms with Crippen molar-refractivity contribution in [3.63, 3.8) is 0 Å². The van der Waals surface area contributed by atoms with Gasteiger partial charge < -0.3 is 9.84 Å². The molecule has 1 heterocycles. The Hall–Kier alpha value is -1.20. The number of benzene rings is 1. The van der Waals surface area contributed by atoms with E-state index in [1.54, 1.807) is 18.9 Å². The van der Waals surface area contributed by atoms with Crippen molar-refractivity contribution in [1.82, 2.24) is 5.32 Å². The van der Waals surface area contributed by atoms with Crippen molar-refractivity contribution in [3.8, 4) is 5.75 Å². The van der Waals surface area contributed by atoms with Gasteiger partial charge in [-0.1, -0.05) is 6.07 Å².